The average Bonchev–Trinajstić information content (AvgIpc) is 2.60. The highest BCUT2D eigenvalue weighted by Gasteiger charge is 2.11. The lowest BCUT2D eigenvalue weighted by Crippen LogP contribution is -2.03. The molecule has 6 nitrogen and oxygen atoms in total. The SMILES string of the molecule is Cc1cc2ncc([C@@H](C)N=[N+]=[N-])c(C)n2n1. The van der Waals surface area contributed by atoms with Gasteiger partial charge < -0.3 is 0 Å². The number of aryl methyl sites for hydroxylation is 2. The highest BCUT2D eigenvalue weighted by Crippen LogP contribution is 2.20. The number of nitrogens with zero attached hydrogens (tertiary/aromatic N) is 6. The molecule has 6 heteroatoms. The molecule has 2 rings (SSSR count). The molecule has 0 bridgehead atoms. The summed E-state index contributed by atoms with van der Waals surface area (Å²) in [4.78, 5) is 7.09. The molecule has 0 saturated heterocycles. The smallest absolute Gasteiger partial charge is 0.155 e. The first-order chi connectivity index (χ1) is 7.63. The van der Waals surface area contributed by atoms with Crippen molar-refractivity contribution in [2.24, 2.45) is 5.11 Å². The fourth-order valence-corrected chi connectivity index (χ4v) is 1.73. The Morgan fingerprint density at radius 3 is 2.94 bits per heavy atom. The van der Waals surface area contributed by atoms with Crippen LogP contribution < -0.4 is 0 Å². The predicted octanol–water partition coefficient (Wildman–Crippen LogP) is 2.72. The minimum Gasteiger partial charge on any atom is -0.237 e. The summed E-state index contributed by atoms with van der Waals surface area (Å²) in [6.07, 6.45) is 1.74. The molecule has 82 valence electrons. The van der Waals surface area contributed by atoms with Crippen LogP contribution in [0.1, 0.15) is 29.9 Å². The molecule has 0 radical (unpaired) electrons. The van der Waals surface area contributed by atoms with Crippen LogP contribution in [0.3, 0.4) is 0 Å². The van der Waals surface area contributed by atoms with Crippen LogP contribution in [0.15, 0.2) is 17.4 Å². The van der Waals surface area contributed by atoms with Gasteiger partial charge in [-0.15, -0.1) is 0 Å². The van der Waals surface area contributed by atoms with Crippen LogP contribution >= 0.6 is 0 Å². The molecule has 0 aromatic carbocycles. The van der Waals surface area contributed by atoms with Gasteiger partial charge in [-0.05, 0) is 19.4 Å². The maximum absolute atomic E-state index is 8.42. The topological polar surface area (TPSA) is 79.0 Å². The Hall–Kier alpha value is -2.07. The van der Waals surface area contributed by atoms with E-state index in [1.807, 2.05) is 26.8 Å². The molecule has 0 unspecified atom stereocenters. The normalized spacial score (nSPS) is 12.4. The van der Waals surface area contributed by atoms with Crippen LogP contribution in [0.25, 0.3) is 16.1 Å². The van der Waals surface area contributed by atoms with Crippen molar-refractivity contribution in [3.63, 3.8) is 0 Å². The molecule has 1 atom stereocenters. The molecule has 0 aliphatic heterocycles. The number of aromatic nitrogens is 3. The summed E-state index contributed by atoms with van der Waals surface area (Å²) >= 11 is 0. The molecule has 16 heavy (non-hydrogen) atoms. The van der Waals surface area contributed by atoms with Crippen LogP contribution in [0.2, 0.25) is 0 Å². The summed E-state index contributed by atoms with van der Waals surface area (Å²) in [5, 5.41) is 8.00. The highest BCUT2D eigenvalue weighted by atomic mass is 15.3. The average molecular weight is 216 g/mol. The van der Waals surface area contributed by atoms with Gasteiger partial charge in [0.15, 0.2) is 5.65 Å². The van der Waals surface area contributed by atoms with Crippen LogP contribution in [0.4, 0.5) is 0 Å². The number of hydrogen-bond acceptors (Lipinski definition) is 3. The number of hydrogen-bond donors (Lipinski definition) is 0. The lowest BCUT2D eigenvalue weighted by molar-refractivity contribution is 0.756. The van der Waals surface area contributed by atoms with E-state index in [4.69, 9.17) is 5.53 Å². The Labute approximate surface area is 92.6 Å². The van der Waals surface area contributed by atoms with Crippen LogP contribution in [-0.4, -0.2) is 14.6 Å². The lowest BCUT2D eigenvalue weighted by Gasteiger charge is -2.09. The van der Waals surface area contributed by atoms with Crippen molar-refractivity contribution >= 4 is 5.65 Å². The maximum Gasteiger partial charge on any atom is 0.155 e. The van der Waals surface area contributed by atoms with Gasteiger partial charge in [-0.2, -0.15) is 5.10 Å². The van der Waals surface area contributed by atoms with Crippen molar-refractivity contribution in [2.75, 3.05) is 0 Å². The lowest BCUT2D eigenvalue weighted by atomic mass is 10.1. The van der Waals surface area contributed by atoms with Crippen molar-refractivity contribution in [1.82, 2.24) is 14.6 Å². The Balaban J connectivity index is 2.64. The summed E-state index contributed by atoms with van der Waals surface area (Å²) in [6.45, 7) is 5.70. The largest absolute Gasteiger partial charge is 0.237 e. The number of rotatable bonds is 2. The van der Waals surface area contributed by atoms with E-state index in [0.717, 1.165) is 22.6 Å². The molecular weight excluding hydrogens is 204 g/mol. The second kappa shape index (κ2) is 3.83. The molecule has 2 aromatic heterocycles. The molecule has 2 heterocycles. The minimum absolute atomic E-state index is 0.230. The van der Waals surface area contributed by atoms with E-state index in [9.17, 15) is 0 Å². The predicted molar refractivity (Wildman–Crippen MR) is 60.0 cm³/mol. The van der Waals surface area contributed by atoms with E-state index in [-0.39, 0.29) is 6.04 Å². The van der Waals surface area contributed by atoms with Gasteiger partial charge in [0.05, 0.1) is 11.7 Å². The Morgan fingerprint density at radius 1 is 1.50 bits per heavy atom. The van der Waals surface area contributed by atoms with E-state index in [1.165, 1.54) is 0 Å². The van der Waals surface area contributed by atoms with E-state index in [0.29, 0.717) is 0 Å². The van der Waals surface area contributed by atoms with Gasteiger partial charge in [0, 0.05) is 28.4 Å². The quantitative estimate of drug-likeness (QED) is 0.439. The molecule has 2 aromatic rings. The van der Waals surface area contributed by atoms with Crippen molar-refractivity contribution < 1.29 is 0 Å². The van der Waals surface area contributed by atoms with Crippen LogP contribution in [-0.2, 0) is 0 Å². The summed E-state index contributed by atoms with van der Waals surface area (Å²) in [6, 6.07) is 1.68. The zero-order chi connectivity index (χ0) is 11.7. The standard InChI is InChI=1S/C10H12N6/c1-6-4-10-12-5-9(7(2)13-15-11)8(3)16(10)14-6/h4-5,7H,1-3H3/t7-/m1/s1. The fraction of sp³-hybridized carbons (Fsp3) is 0.400. The first kappa shape index (κ1) is 10.4. The molecule has 0 amide bonds. The molecule has 0 fully saturated rings. The van der Waals surface area contributed by atoms with Crippen molar-refractivity contribution in [3.05, 3.63) is 39.7 Å². The van der Waals surface area contributed by atoms with E-state index < -0.39 is 0 Å². The van der Waals surface area contributed by atoms with Gasteiger partial charge >= 0.3 is 0 Å². The number of fused-ring (bicyclic) bond motifs is 1. The van der Waals surface area contributed by atoms with Gasteiger partial charge in [0.2, 0.25) is 0 Å². The summed E-state index contributed by atoms with van der Waals surface area (Å²) in [5.74, 6) is 0. The zero-order valence-corrected chi connectivity index (χ0v) is 9.42. The second-order valence-corrected chi connectivity index (χ2v) is 3.74. The molecule has 0 aliphatic carbocycles. The Kier molecular flexibility index (Phi) is 2.50. The van der Waals surface area contributed by atoms with Crippen molar-refractivity contribution in [3.8, 4) is 0 Å². The van der Waals surface area contributed by atoms with E-state index in [1.54, 1.807) is 10.7 Å². The third-order valence-electron chi connectivity index (χ3n) is 2.56. The Bertz CT molecular complexity index is 578. The third kappa shape index (κ3) is 1.59. The van der Waals surface area contributed by atoms with Crippen molar-refractivity contribution in [1.29, 1.82) is 0 Å². The summed E-state index contributed by atoms with van der Waals surface area (Å²) < 4.78 is 1.77. The highest BCUT2D eigenvalue weighted by molar-refractivity contribution is 5.42. The van der Waals surface area contributed by atoms with E-state index >= 15 is 0 Å². The number of azide groups is 1. The minimum atomic E-state index is -0.230. The molecule has 0 saturated carbocycles. The second-order valence-electron chi connectivity index (χ2n) is 3.74. The van der Waals surface area contributed by atoms with Gasteiger partial charge in [-0.25, -0.2) is 9.50 Å². The Morgan fingerprint density at radius 2 is 2.25 bits per heavy atom. The molecule has 0 aliphatic rings. The van der Waals surface area contributed by atoms with Crippen LogP contribution in [0.5, 0.6) is 0 Å². The first-order valence-electron chi connectivity index (χ1n) is 4.99. The van der Waals surface area contributed by atoms with Crippen molar-refractivity contribution in [2.45, 2.75) is 26.8 Å². The van der Waals surface area contributed by atoms with Gasteiger partial charge in [0.25, 0.3) is 0 Å². The molecule has 0 N–H and O–H groups in total. The van der Waals surface area contributed by atoms with Gasteiger partial charge in [-0.3, -0.25) is 0 Å². The van der Waals surface area contributed by atoms with E-state index in [2.05, 4.69) is 20.1 Å². The third-order valence-corrected chi connectivity index (χ3v) is 2.56. The van der Waals surface area contributed by atoms with Gasteiger partial charge in [-0.1, -0.05) is 12.0 Å². The summed E-state index contributed by atoms with van der Waals surface area (Å²) in [7, 11) is 0. The zero-order valence-electron chi connectivity index (χ0n) is 9.42. The monoisotopic (exact) mass is 216 g/mol. The summed E-state index contributed by atoms with van der Waals surface area (Å²) in [5.41, 5.74) is 12.0. The van der Waals surface area contributed by atoms with Gasteiger partial charge in [0.1, 0.15) is 0 Å². The molecular formula is C10H12N6. The first-order valence-corrected chi connectivity index (χ1v) is 4.99. The van der Waals surface area contributed by atoms with Crippen LogP contribution in [0, 0.1) is 13.8 Å². The molecule has 0 spiro atoms. The fourth-order valence-electron chi connectivity index (χ4n) is 1.73. The maximum atomic E-state index is 8.42.